The van der Waals surface area contributed by atoms with Crippen molar-refractivity contribution in [3.63, 3.8) is 0 Å². The highest BCUT2D eigenvalue weighted by Crippen LogP contribution is 2.49. The molecule has 0 unspecified atom stereocenters. The maximum Gasteiger partial charge on any atom is 0.163 e. The minimum atomic E-state index is -0.508. The minimum Gasteiger partial charge on any atom is -0.486 e. The van der Waals surface area contributed by atoms with Crippen LogP contribution in [0.1, 0.15) is 55.6 Å². The summed E-state index contributed by atoms with van der Waals surface area (Å²) in [7, 11) is 0. The van der Waals surface area contributed by atoms with E-state index in [0.29, 0.717) is 70.7 Å². The highest BCUT2D eigenvalue weighted by Gasteiger charge is 2.42. The summed E-state index contributed by atoms with van der Waals surface area (Å²) in [5.41, 5.74) is 2.90. The van der Waals surface area contributed by atoms with Gasteiger partial charge in [-0.2, -0.15) is 0 Å². The molecule has 0 aromatic heterocycles. The summed E-state index contributed by atoms with van der Waals surface area (Å²) in [6.07, 6.45) is 3.78. The molecule has 1 aliphatic heterocycles. The van der Waals surface area contributed by atoms with E-state index in [1.165, 1.54) is 0 Å². The Bertz CT molecular complexity index is 1410. The summed E-state index contributed by atoms with van der Waals surface area (Å²) in [5, 5.41) is 2.94. The predicted octanol–water partition coefficient (Wildman–Crippen LogP) is 7.85. The van der Waals surface area contributed by atoms with Crippen LogP contribution in [-0.2, 0) is 20.9 Å². The van der Waals surface area contributed by atoms with E-state index < -0.39 is 5.92 Å². The van der Waals surface area contributed by atoms with Crippen molar-refractivity contribution in [2.24, 2.45) is 0 Å². The average molecular weight is 519 g/mol. The van der Waals surface area contributed by atoms with Crippen molar-refractivity contribution in [1.82, 2.24) is 0 Å². The fourth-order valence-electron chi connectivity index (χ4n) is 5.60. The van der Waals surface area contributed by atoms with E-state index in [4.69, 9.17) is 32.7 Å². The van der Waals surface area contributed by atoms with Crippen LogP contribution in [0.25, 0.3) is 10.8 Å². The molecule has 0 saturated carbocycles. The topological polar surface area (TPSA) is 52.6 Å². The molecule has 6 rings (SSSR count). The molecule has 0 N–H and O–H groups in total. The van der Waals surface area contributed by atoms with E-state index in [-0.39, 0.29) is 11.6 Å². The molecule has 3 aromatic carbocycles. The number of fused-ring (bicyclic) bond motifs is 1. The Morgan fingerprint density at radius 3 is 2.08 bits per heavy atom. The third-order valence-corrected chi connectivity index (χ3v) is 7.81. The molecule has 1 heterocycles. The summed E-state index contributed by atoms with van der Waals surface area (Å²) < 4.78 is 12.2. The number of ether oxygens (including phenoxy) is 2. The van der Waals surface area contributed by atoms with Crippen molar-refractivity contribution in [2.45, 2.75) is 51.0 Å². The van der Waals surface area contributed by atoms with Crippen molar-refractivity contribution in [3.05, 3.63) is 98.4 Å². The second kappa shape index (κ2) is 9.42. The smallest absolute Gasteiger partial charge is 0.163 e. The summed E-state index contributed by atoms with van der Waals surface area (Å²) in [5.74, 6) is 1.30. The molecule has 3 aromatic rings. The van der Waals surface area contributed by atoms with Crippen LogP contribution >= 0.6 is 23.2 Å². The van der Waals surface area contributed by atoms with Crippen LogP contribution in [0.15, 0.2) is 77.3 Å². The van der Waals surface area contributed by atoms with Gasteiger partial charge in [-0.3, -0.25) is 9.59 Å². The molecule has 3 aliphatic rings. The number of hydrogen-bond acceptors (Lipinski definition) is 4. The van der Waals surface area contributed by atoms with E-state index in [2.05, 4.69) is 18.2 Å². The van der Waals surface area contributed by atoms with Gasteiger partial charge in [-0.15, -0.1) is 0 Å². The van der Waals surface area contributed by atoms with E-state index >= 15 is 0 Å². The van der Waals surface area contributed by atoms with Crippen LogP contribution in [0, 0.1) is 0 Å². The van der Waals surface area contributed by atoms with Crippen LogP contribution in [0.5, 0.6) is 5.75 Å². The number of rotatable bonds is 4. The summed E-state index contributed by atoms with van der Waals surface area (Å²) in [6.45, 7) is 0.305. The molecule has 0 bridgehead atoms. The van der Waals surface area contributed by atoms with Crippen LogP contribution in [0.3, 0.4) is 0 Å². The van der Waals surface area contributed by atoms with Gasteiger partial charge in [0.25, 0.3) is 0 Å². The van der Waals surface area contributed by atoms with Gasteiger partial charge < -0.3 is 9.47 Å². The Labute approximate surface area is 219 Å². The zero-order chi connectivity index (χ0) is 24.8. The van der Waals surface area contributed by atoms with Crippen molar-refractivity contribution >= 4 is 45.5 Å². The second-order valence-electron chi connectivity index (χ2n) is 9.50. The van der Waals surface area contributed by atoms with Crippen LogP contribution in [0.4, 0.5) is 0 Å². The van der Waals surface area contributed by atoms with Gasteiger partial charge >= 0.3 is 0 Å². The van der Waals surface area contributed by atoms with Gasteiger partial charge in [-0.25, -0.2) is 0 Å². The lowest BCUT2D eigenvalue weighted by Gasteiger charge is -2.36. The molecular weight excluding hydrogens is 495 g/mol. The first-order valence-corrected chi connectivity index (χ1v) is 13.1. The lowest BCUT2D eigenvalue weighted by Crippen LogP contribution is -2.30. The van der Waals surface area contributed by atoms with E-state index in [9.17, 15) is 9.59 Å². The van der Waals surface area contributed by atoms with Gasteiger partial charge in [-0.05, 0) is 46.9 Å². The third-order valence-electron chi connectivity index (χ3n) is 7.25. The molecule has 0 fully saturated rings. The fourth-order valence-corrected chi connectivity index (χ4v) is 6.22. The van der Waals surface area contributed by atoms with E-state index in [1.807, 2.05) is 24.3 Å². The lowest BCUT2D eigenvalue weighted by atomic mass is 9.73. The minimum absolute atomic E-state index is 0.0229. The van der Waals surface area contributed by atoms with Gasteiger partial charge in [0, 0.05) is 42.7 Å². The molecule has 0 amide bonds. The van der Waals surface area contributed by atoms with E-state index in [0.717, 1.165) is 34.7 Å². The number of halogens is 2. The van der Waals surface area contributed by atoms with Gasteiger partial charge in [-0.1, -0.05) is 65.7 Å². The lowest BCUT2D eigenvalue weighted by molar-refractivity contribution is -0.117. The number of benzene rings is 3. The zero-order valence-electron chi connectivity index (χ0n) is 19.6. The molecule has 0 spiro atoms. The summed E-state index contributed by atoms with van der Waals surface area (Å²) >= 11 is 13.4. The van der Waals surface area contributed by atoms with Gasteiger partial charge in [0.1, 0.15) is 18.1 Å². The number of Topliss-reactive ketones (excluding diaryl/α,β-unsaturated/α-hetero) is 2. The first-order chi connectivity index (χ1) is 17.5. The maximum atomic E-state index is 13.0. The van der Waals surface area contributed by atoms with Gasteiger partial charge in [0.05, 0.1) is 10.0 Å². The normalized spacial score (nSPS) is 18.3. The summed E-state index contributed by atoms with van der Waals surface area (Å²) in [6, 6.07) is 17.8. The number of hydrogen-bond donors (Lipinski definition) is 0. The standard InChI is InChI=1S/C30H24Cl2O4/c31-21-14-19(15-22(32)30(21)35-16-18-8-3-7-17-6-1-2-9-20(17)18)27-28-23(33)10-4-12-25(28)36-26-13-5-11-24(34)29(26)27/h1-3,6-9,14-15,27H,4-5,10-13,16H2. The SMILES string of the molecule is O=C1CCCC2=C1C(c1cc(Cl)c(OCc3cccc4ccccc34)c(Cl)c1)C1=C(CCCC1=O)O2. The molecule has 0 radical (unpaired) electrons. The first kappa shape index (κ1) is 23.3. The Kier molecular flexibility index (Phi) is 6.10. The Hall–Kier alpha value is -3.08. The monoisotopic (exact) mass is 518 g/mol. The highest BCUT2D eigenvalue weighted by molar-refractivity contribution is 6.37. The molecule has 6 heteroatoms. The molecule has 4 nitrogen and oxygen atoms in total. The average Bonchev–Trinajstić information content (AvgIpc) is 2.87. The quantitative estimate of drug-likeness (QED) is 0.352. The number of carbonyl (C=O) groups is 2. The van der Waals surface area contributed by atoms with Crippen LogP contribution in [-0.4, -0.2) is 11.6 Å². The Morgan fingerprint density at radius 1 is 0.806 bits per heavy atom. The van der Waals surface area contributed by atoms with Crippen molar-refractivity contribution in [1.29, 1.82) is 0 Å². The predicted molar refractivity (Wildman–Crippen MR) is 140 cm³/mol. The van der Waals surface area contributed by atoms with Crippen LogP contribution in [0.2, 0.25) is 10.0 Å². The zero-order valence-corrected chi connectivity index (χ0v) is 21.1. The van der Waals surface area contributed by atoms with Crippen molar-refractivity contribution < 1.29 is 19.1 Å². The first-order valence-electron chi connectivity index (χ1n) is 12.3. The van der Waals surface area contributed by atoms with Crippen molar-refractivity contribution in [3.8, 4) is 5.75 Å². The van der Waals surface area contributed by atoms with Crippen LogP contribution < -0.4 is 4.74 Å². The van der Waals surface area contributed by atoms with Crippen molar-refractivity contribution in [2.75, 3.05) is 0 Å². The third kappa shape index (κ3) is 4.03. The molecule has 0 atom stereocenters. The largest absolute Gasteiger partial charge is 0.486 e. The molecule has 2 aliphatic carbocycles. The molecule has 36 heavy (non-hydrogen) atoms. The number of carbonyl (C=O) groups excluding carboxylic acids is 2. The highest BCUT2D eigenvalue weighted by atomic mass is 35.5. The second-order valence-corrected chi connectivity index (χ2v) is 10.3. The van der Waals surface area contributed by atoms with E-state index in [1.54, 1.807) is 12.1 Å². The van der Waals surface area contributed by atoms with Gasteiger partial charge in [0.2, 0.25) is 0 Å². The Balaban J connectivity index is 1.37. The van der Waals surface area contributed by atoms with Gasteiger partial charge in [0.15, 0.2) is 17.3 Å². The fraction of sp³-hybridized carbons (Fsp3) is 0.267. The Morgan fingerprint density at radius 2 is 1.42 bits per heavy atom. The molecular formula is C30H24Cl2O4. The number of ketones is 2. The molecule has 182 valence electrons. The maximum absolute atomic E-state index is 13.0. The molecule has 0 saturated heterocycles. The number of allylic oxidation sites excluding steroid dienone is 4. The summed E-state index contributed by atoms with van der Waals surface area (Å²) in [4.78, 5) is 26.1.